The molecule has 0 aliphatic rings. The van der Waals surface area contributed by atoms with Gasteiger partial charge in [0.25, 0.3) is 0 Å². The number of fused-ring (bicyclic) bond motifs is 1. The van der Waals surface area contributed by atoms with Crippen LogP contribution in [0.1, 0.15) is 26.3 Å². The Hall–Kier alpha value is -2.77. The van der Waals surface area contributed by atoms with Gasteiger partial charge in [0.05, 0.1) is 5.39 Å². The van der Waals surface area contributed by atoms with Crippen LogP contribution < -0.4 is 10.2 Å². The molecule has 0 unspecified atom stereocenters. The molecule has 26 heavy (non-hydrogen) atoms. The van der Waals surface area contributed by atoms with E-state index in [4.69, 9.17) is 26.0 Å². The molecule has 4 nitrogen and oxygen atoms in total. The molecule has 0 bridgehead atoms. The molecule has 3 rings (SSSR count). The van der Waals surface area contributed by atoms with Crippen molar-refractivity contribution in [2.45, 2.75) is 26.2 Å². The van der Waals surface area contributed by atoms with Crippen molar-refractivity contribution >= 4 is 22.6 Å². The Balaban J connectivity index is 2.22. The molecule has 0 saturated carbocycles. The highest BCUT2D eigenvalue weighted by molar-refractivity contribution is 6.31. The summed E-state index contributed by atoms with van der Waals surface area (Å²) in [6, 6.07) is 14.5. The number of ether oxygens (including phenoxy) is 1. The summed E-state index contributed by atoms with van der Waals surface area (Å²) in [5, 5.41) is 9.58. The molecule has 0 atom stereocenters. The third-order valence-corrected chi connectivity index (χ3v) is 4.34. The van der Waals surface area contributed by atoms with E-state index in [1.54, 1.807) is 12.1 Å². The molecule has 0 aliphatic heterocycles. The Morgan fingerprint density at radius 3 is 2.46 bits per heavy atom. The van der Waals surface area contributed by atoms with Crippen LogP contribution in [0.5, 0.6) is 5.75 Å². The van der Waals surface area contributed by atoms with Crippen LogP contribution in [-0.2, 0) is 5.41 Å². The number of hydrogen-bond acceptors (Lipinski definition) is 4. The number of benzene rings is 2. The molecule has 3 aromatic rings. The topological polar surface area (TPSA) is 63.2 Å². The first kappa shape index (κ1) is 18.0. The number of nitriles is 1. The minimum absolute atomic E-state index is 0.0135. The molecule has 2 aromatic carbocycles. The second-order valence-corrected chi connectivity index (χ2v) is 7.44. The molecule has 0 amide bonds. The van der Waals surface area contributed by atoms with Gasteiger partial charge in [0.15, 0.2) is 12.4 Å². The molecule has 0 fully saturated rings. The fraction of sp³-hybridized carbons (Fsp3) is 0.238. The SMILES string of the molecule is CC(C)(C)c1ccc(-c2oc3ccc(Cl)cc3c(=O)c2OCC#N)cc1. The van der Waals surface area contributed by atoms with E-state index >= 15 is 0 Å². The lowest BCUT2D eigenvalue weighted by atomic mass is 9.86. The molecule has 1 heterocycles. The van der Waals surface area contributed by atoms with E-state index in [0.717, 1.165) is 5.56 Å². The Morgan fingerprint density at radius 2 is 1.85 bits per heavy atom. The monoisotopic (exact) mass is 367 g/mol. The standard InChI is InChI=1S/C21H18ClNO3/c1-21(2,3)14-6-4-13(5-7-14)19-20(25-11-10-23)18(24)16-12-15(22)8-9-17(16)26-19/h4-9,12H,11H2,1-3H3. The number of nitrogens with zero attached hydrogens (tertiary/aromatic N) is 1. The Kier molecular flexibility index (Phi) is 4.76. The molecule has 0 radical (unpaired) electrons. The van der Waals surface area contributed by atoms with E-state index < -0.39 is 0 Å². The fourth-order valence-electron chi connectivity index (χ4n) is 2.70. The summed E-state index contributed by atoms with van der Waals surface area (Å²) in [5.41, 5.74) is 1.95. The largest absolute Gasteiger partial charge is 0.471 e. The van der Waals surface area contributed by atoms with Crippen molar-refractivity contribution in [3.05, 3.63) is 63.3 Å². The molecule has 0 saturated heterocycles. The summed E-state index contributed by atoms with van der Waals surface area (Å²) in [4.78, 5) is 12.9. The van der Waals surface area contributed by atoms with Crippen molar-refractivity contribution in [2.75, 3.05) is 6.61 Å². The number of halogens is 1. The van der Waals surface area contributed by atoms with Crippen molar-refractivity contribution in [3.63, 3.8) is 0 Å². The lowest BCUT2D eigenvalue weighted by Crippen LogP contribution is -2.11. The van der Waals surface area contributed by atoms with E-state index in [-0.39, 0.29) is 23.2 Å². The van der Waals surface area contributed by atoms with Crippen LogP contribution in [-0.4, -0.2) is 6.61 Å². The molecular formula is C21H18ClNO3. The Labute approximate surface area is 156 Å². The zero-order valence-electron chi connectivity index (χ0n) is 14.8. The maximum Gasteiger partial charge on any atom is 0.235 e. The first-order valence-corrected chi connectivity index (χ1v) is 8.56. The van der Waals surface area contributed by atoms with Gasteiger partial charge in [0.2, 0.25) is 11.2 Å². The van der Waals surface area contributed by atoms with Crippen molar-refractivity contribution in [2.24, 2.45) is 0 Å². The van der Waals surface area contributed by atoms with Gasteiger partial charge in [-0.15, -0.1) is 0 Å². The summed E-state index contributed by atoms with van der Waals surface area (Å²) in [5.74, 6) is 0.324. The van der Waals surface area contributed by atoms with E-state index in [9.17, 15) is 4.79 Å². The van der Waals surface area contributed by atoms with E-state index in [1.807, 2.05) is 30.3 Å². The second kappa shape index (κ2) is 6.86. The molecular weight excluding hydrogens is 350 g/mol. The minimum atomic E-state index is -0.348. The van der Waals surface area contributed by atoms with Gasteiger partial charge in [0.1, 0.15) is 11.7 Å². The van der Waals surface area contributed by atoms with Crippen LogP contribution in [0.15, 0.2) is 51.7 Å². The van der Waals surface area contributed by atoms with Gasteiger partial charge in [-0.05, 0) is 29.2 Å². The van der Waals surface area contributed by atoms with Crippen LogP contribution in [0.2, 0.25) is 5.02 Å². The average Bonchev–Trinajstić information content (AvgIpc) is 2.61. The van der Waals surface area contributed by atoms with Crippen molar-refractivity contribution in [1.82, 2.24) is 0 Å². The zero-order chi connectivity index (χ0) is 18.9. The summed E-state index contributed by atoms with van der Waals surface area (Å²) >= 11 is 5.99. The fourth-order valence-corrected chi connectivity index (χ4v) is 2.87. The minimum Gasteiger partial charge on any atom is -0.471 e. The first-order chi connectivity index (χ1) is 12.3. The molecule has 0 aliphatic carbocycles. The summed E-state index contributed by atoms with van der Waals surface area (Å²) in [6.07, 6.45) is 0. The highest BCUT2D eigenvalue weighted by atomic mass is 35.5. The van der Waals surface area contributed by atoms with E-state index in [1.165, 1.54) is 6.07 Å². The van der Waals surface area contributed by atoms with Crippen LogP contribution in [0, 0.1) is 11.3 Å². The zero-order valence-corrected chi connectivity index (χ0v) is 15.6. The lowest BCUT2D eigenvalue weighted by Gasteiger charge is -2.19. The van der Waals surface area contributed by atoms with E-state index in [0.29, 0.717) is 27.3 Å². The summed E-state index contributed by atoms with van der Waals surface area (Å²) in [7, 11) is 0. The lowest BCUT2D eigenvalue weighted by molar-refractivity contribution is 0.356. The maximum atomic E-state index is 12.9. The van der Waals surface area contributed by atoms with Gasteiger partial charge < -0.3 is 9.15 Å². The van der Waals surface area contributed by atoms with Gasteiger partial charge in [-0.25, -0.2) is 0 Å². The van der Waals surface area contributed by atoms with Gasteiger partial charge in [-0.3, -0.25) is 4.79 Å². The van der Waals surface area contributed by atoms with Crippen molar-refractivity contribution < 1.29 is 9.15 Å². The quantitative estimate of drug-likeness (QED) is 0.629. The molecule has 0 N–H and O–H groups in total. The van der Waals surface area contributed by atoms with Crippen LogP contribution in [0.25, 0.3) is 22.3 Å². The molecule has 0 spiro atoms. The number of rotatable bonds is 3. The average molecular weight is 368 g/mol. The molecule has 1 aromatic heterocycles. The highest BCUT2D eigenvalue weighted by Gasteiger charge is 2.19. The smallest absolute Gasteiger partial charge is 0.235 e. The van der Waals surface area contributed by atoms with Crippen molar-refractivity contribution in [3.8, 4) is 23.1 Å². The Bertz CT molecular complexity index is 1050. The summed E-state index contributed by atoms with van der Waals surface area (Å²) in [6.45, 7) is 6.14. The van der Waals surface area contributed by atoms with Gasteiger partial charge in [-0.2, -0.15) is 5.26 Å². The van der Waals surface area contributed by atoms with Crippen LogP contribution >= 0.6 is 11.6 Å². The van der Waals surface area contributed by atoms with Crippen LogP contribution in [0.3, 0.4) is 0 Å². The predicted octanol–water partition coefficient (Wildman–Crippen LogP) is 5.31. The third kappa shape index (κ3) is 3.44. The molecule has 132 valence electrons. The Morgan fingerprint density at radius 1 is 1.15 bits per heavy atom. The predicted molar refractivity (Wildman–Crippen MR) is 103 cm³/mol. The van der Waals surface area contributed by atoms with Gasteiger partial charge in [0, 0.05) is 10.6 Å². The van der Waals surface area contributed by atoms with Crippen molar-refractivity contribution in [1.29, 1.82) is 5.26 Å². The third-order valence-electron chi connectivity index (χ3n) is 4.10. The highest BCUT2D eigenvalue weighted by Crippen LogP contribution is 2.33. The van der Waals surface area contributed by atoms with Crippen LogP contribution in [0.4, 0.5) is 0 Å². The number of hydrogen-bond donors (Lipinski definition) is 0. The maximum absolute atomic E-state index is 12.9. The van der Waals surface area contributed by atoms with E-state index in [2.05, 4.69) is 20.8 Å². The summed E-state index contributed by atoms with van der Waals surface area (Å²) < 4.78 is 11.4. The van der Waals surface area contributed by atoms with Gasteiger partial charge >= 0.3 is 0 Å². The molecule has 5 heteroatoms. The van der Waals surface area contributed by atoms with Gasteiger partial charge in [-0.1, -0.05) is 56.6 Å². The first-order valence-electron chi connectivity index (χ1n) is 8.18. The second-order valence-electron chi connectivity index (χ2n) is 7.00. The normalized spacial score (nSPS) is 11.3.